The number of carbonyl (C=O) groups is 2. The van der Waals surface area contributed by atoms with Gasteiger partial charge in [0.2, 0.25) is 5.91 Å². The van der Waals surface area contributed by atoms with Gasteiger partial charge in [0.15, 0.2) is 0 Å². The first-order chi connectivity index (χ1) is 9.15. The summed E-state index contributed by atoms with van der Waals surface area (Å²) in [6.07, 6.45) is 3.23. The van der Waals surface area contributed by atoms with Crippen LogP contribution in [0.4, 0.5) is 0 Å². The molecule has 0 bridgehead atoms. The summed E-state index contributed by atoms with van der Waals surface area (Å²) in [5.41, 5.74) is 0.999. The molecular weight excluding hydrogens is 242 g/mol. The van der Waals surface area contributed by atoms with Crippen molar-refractivity contribution < 1.29 is 14.7 Å². The second-order valence-corrected chi connectivity index (χ2v) is 5.12. The van der Waals surface area contributed by atoms with Crippen molar-refractivity contribution in [2.45, 2.75) is 38.1 Å². The topological polar surface area (TPSA) is 66.4 Å². The molecule has 4 nitrogen and oxygen atoms in total. The Kier molecular flexibility index (Phi) is 4.55. The highest BCUT2D eigenvalue weighted by atomic mass is 16.4. The van der Waals surface area contributed by atoms with Crippen molar-refractivity contribution >= 4 is 11.9 Å². The van der Waals surface area contributed by atoms with Crippen molar-refractivity contribution in [3.63, 3.8) is 0 Å². The van der Waals surface area contributed by atoms with Crippen LogP contribution in [0.15, 0.2) is 30.3 Å². The van der Waals surface area contributed by atoms with E-state index in [4.69, 9.17) is 5.11 Å². The van der Waals surface area contributed by atoms with Crippen LogP contribution in [0, 0.1) is 5.92 Å². The first-order valence-corrected chi connectivity index (χ1v) is 6.71. The maximum Gasteiger partial charge on any atom is 0.306 e. The monoisotopic (exact) mass is 261 g/mol. The molecule has 1 aromatic rings. The summed E-state index contributed by atoms with van der Waals surface area (Å²) in [6, 6.07) is 9.75. The van der Waals surface area contributed by atoms with Gasteiger partial charge in [0, 0.05) is 6.04 Å². The molecule has 1 aromatic carbocycles. The fraction of sp³-hybridized carbons (Fsp3) is 0.467. The van der Waals surface area contributed by atoms with Crippen molar-refractivity contribution in [3.05, 3.63) is 35.9 Å². The minimum atomic E-state index is -0.714. The number of benzene rings is 1. The molecule has 0 spiro atoms. The summed E-state index contributed by atoms with van der Waals surface area (Å²) in [5.74, 6) is -0.929. The summed E-state index contributed by atoms with van der Waals surface area (Å²) >= 11 is 0. The zero-order valence-electron chi connectivity index (χ0n) is 10.8. The molecule has 0 radical (unpaired) electrons. The standard InChI is InChI=1S/C15H19NO3/c17-14(10-11-4-2-1-3-5-11)16-13-8-6-12(7-9-13)15(18)19/h1-5,12-13H,6-10H2,(H,16,17)(H,18,19). The van der Waals surface area contributed by atoms with E-state index in [2.05, 4.69) is 5.32 Å². The third-order valence-corrected chi connectivity index (χ3v) is 3.65. The lowest BCUT2D eigenvalue weighted by molar-refractivity contribution is -0.142. The predicted octanol–water partition coefficient (Wildman–Crippen LogP) is 1.99. The third-order valence-electron chi connectivity index (χ3n) is 3.65. The molecule has 1 aliphatic rings. The lowest BCUT2D eigenvalue weighted by atomic mass is 9.86. The van der Waals surface area contributed by atoms with E-state index in [9.17, 15) is 9.59 Å². The van der Waals surface area contributed by atoms with Crippen LogP contribution in [0.5, 0.6) is 0 Å². The summed E-state index contributed by atoms with van der Waals surface area (Å²) in [5, 5.41) is 11.9. The lowest BCUT2D eigenvalue weighted by Gasteiger charge is -2.26. The Hall–Kier alpha value is -1.84. The average molecular weight is 261 g/mol. The van der Waals surface area contributed by atoms with Crippen LogP contribution in [0.3, 0.4) is 0 Å². The Bertz CT molecular complexity index is 436. The van der Waals surface area contributed by atoms with E-state index in [-0.39, 0.29) is 17.9 Å². The van der Waals surface area contributed by atoms with Crippen LogP contribution in [-0.2, 0) is 16.0 Å². The van der Waals surface area contributed by atoms with Gasteiger partial charge in [0.1, 0.15) is 0 Å². The Morgan fingerprint density at radius 3 is 2.32 bits per heavy atom. The summed E-state index contributed by atoms with van der Waals surface area (Å²) in [6.45, 7) is 0. The van der Waals surface area contributed by atoms with Gasteiger partial charge in [-0.15, -0.1) is 0 Å². The molecule has 1 aliphatic carbocycles. The molecule has 1 saturated carbocycles. The smallest absolute Gasteiger partial charge is 0.306 e. The van der Waals surface area contributed by atoms with Gasteiger partial charge in [-0.1, -0.05) is 30.3 Å². The van der Waals surface area contributed by atoms with Crippen molar-refractivity contribution in [3.8, 4) is 0 Å². The zero-order chi connectivity index (χ0) is 13.7. The minimum absolute atomic E-state index is 0.0185. The number of aliphatic carboxylic acids is 1. The van der Waals surface area contributed by atoms with E-state index < -0.39 is 5.97 Å². The maximum absolute atomic E-state index is 11.9. The van der Waals surface area contributed by atoms with E-state index >= 15 is 0 Å². The fourth-order valence-corrected chi connectivity index (χ4v) is 2.54. The number of hydrogen-bond donors (Lipinski definition) is 2. The molecule has 0 heterocycles. The zero-order valence-corrected chi connectivity index (χ0v) is 10.8. The van der Waals surface area contributed by atoms with Crippen LogP contribution in [0.25, 0.3) is 0 Å². The molecule has 1 fully saturated rings. The molecule has 102 valence electrons. The van der Waals surface area contributed by atoms with Gasteiger partial charge in [-0.3, -0.25) is 9.59 Å². The first-order valence-electron chi connectivity index (χ1n) is 6.71. The van der Waals surface area contributed by atoms with Gasteiger partial charge < -0.3 is 10.4 Å². The Morgan fingerprint density at radius 2 is 1.74 bits per heavy atom. The van der Waals surface area contributed by atoms with Crippen LogP contribution in [0.2, 0.25) is 0 Å². The SMILES string of the molecule is O=C(Cc1ccccc1)NC1CCC(C(=O)O)CC1. The number of carboxylic acids is 1. The largest absolute Gasteiger partial charge is 0.481 e. The summed E-state index contributed by atoms with van der Waals surface area (Å²) < 4.78 is 0. The second-order valence-electron chi connectivity index (χ2n) is 5.12. The van der Waals surface area contributed by atoms with E-state index in [0.29, 0.717) is 19.3 Å². The summed E-state index contributed by atoms with van der Waals surface area (Å²) in [7, 11) is 0. The number of carboxylic acid groups (broad SMARTS) is 1. The predicted molar refractivity (Wildman–Crippen MR) is 71.7 cm³/mol. The molecular formula is C15H19NO3. The Labute approximate surface area is 112 Å². The summed E-state index contributed by atoms with van der Waals surface area (Å²) in [4.78, 5) is 22.7. The van der Waals surface area contributed by atoms with Gasteiger partial charge >= 0.3 is 5.97 Å². The van der Waals surface area contributed by atoms with Gasteiger partial charge in [0.25, 0.3) is 0 Å². The van der Waals surface area contributed by atoms with E-state index in [1.54, 1.807) is 0 Å². The van der Waals surface area contributed by atoms with Crippen molar-refractivity contribution in [2.24, 2.45) is 5.92 Å². The normalized spacial score (nSPS) is 22.7. The highest BCUT2D eigenvalue weighted by Gasteiger charge is 2.26. The lowest BCUT2D eigenvalue weighted by Crippen LogP contribution is -2.39. The molecule has 1 amide bonds. The molecule has 4 heteroatoms. The van der Waals surface area contributed by atoms with Crippen molar-refractivity contribution in [2.75, 3.05) is 0 Å². The van der Waals surface area contributed by atoms with Crippen LogP contribution >= 0.6 is 0 Å². The van der Waals surface area contributed by atoms with Crippen LogP contribution in [0.1, 0.15) is 31.2 Å². The number of amides is 1. The van der Waals surface area contributed by atoms with Gasteiger partial charge in [-0.25, -0.2) is 0 Å². The molecule has 0 aromatic heterocycles. The number of hydrogen-bond acceptors (Lipinski definition) is 2. The van der Waals surface area contributed by atoms with Gasteiger partial charge in [0.05, 0.1) is 12.3 Å². The number of nitrogens with one attached hydrogen (secondary N) is 1. The van der Waals surface area contributed by atoms with E-state index in [0.717, 1.165) is 18.4 Å². The molecule has 2 rings (SSSR count). The third kappa shape index (κ3) is 4.09. The molecule has 0 saturated heterocycles. The van der Waals surface area contributed by atoms with Crippen molar-refractivity contribution in [1.29, 1.82) is 0 Å². The highest BCUT2D eigenvalue weighted by Crippen LogP contribution is 2.24. The fourth-order valence-electron chi connectivity index (χ4n) is 2.54. The average Bonchev–Trinajstić information content (AvgIpc) is 2.40. The maximum atomic E-state index is 11.9. The van der Waals surface area contributed by atoms with Crippen molar-refractivity contribution in [1.82, 2.24) is 5.32 Å². The first kappa shape index (κ1) is 13.6. The number of rotatable bonds is 4. The molecule has 2 N–H and O–H groups in total. The Morgan fingerprint density at radius 1 is 1.11 bits per heavy atom. The molecule has 0 atom stereocenters. The van der Waals surface area contributed by atoms with Crippen LogP contribution in [-0.4, -0.2) is 23.0 Å². The molecule has 0 aliphatic heterocycles. The van der Waals surface area contributed by atoms with E-state index in [1.165, 1.54) is 0 Å². The minimum Gasteiger partial charge on any atom is -0.481 e. The number of carbonyl (C=O) groups excluding carboxylic acids is 1. The second kappa shape index (κ2) is 6.36. The van der Waals surface area contributed by atoms with Crippen LogP contribution < -0.4 is 5.32 Å². The van der Waals surface area contributed by atoms with Gasteiger partial charge in [-0.2, -0.15) is 0 Å². The molecule has 19 heavy (non-hydrogen) atoms. The molecule has 0 unspecified atom stereocenters. The quantitative estimate of drug-likeness (QED) is 0.871. The van der Waals surface area contributed by atoms with E-state index in [1.807, 2.05) is 30.3 Å². The highest BCUT2D eigenvalue weighted by molar-refractivity contribution is 5.78. The van der Waals surface area contributed by atoms with Gasteiger partial charge in [-0.05, 0) is 31.2 Å². The Balaban J connectivity index is 1.76.